The lowest BCUT2D eigenvalue weighted by molar-refractivity contribution is -0.116. The molecule has 4 rings (SSSR count). The molecule has 0 saturated heterocycles. The number of nitrogens with one attached hydrogen (secondary N) is 1. The minimum atomic E-state index is -1.02. The highest BCUT2D eigenvalue weighted by Crippen LogP contribution is 2.49. The Hall–Kier alpha value is -3.32. The number of carbonyl (C=O) groups excluding carboxylic acids is 1. The molecule has 0 saturated carbocycles. The molecule has 2 aromatic carbocycles. The fourth-order valence-corrected chi connectivity index (χ4v) is 4.97. The summed E-state index contributed by atoms with van der Waals surface area (Å²) in [5.74, 6) is 0.0154. The molecule has 1 aliphatic heterocycles. The quantitative estimate of drug-likeness (QED) is 0.583. The highest BCUT2D eigenvalue weighted by Gasteiger charge is 2.34. The van der Waals surface area contributed by atoms with Gasteiger partial charge in [0.05, 0.1) is 19.4 Å². The maximum Gasteiger partial charge on any atom is 0.346 e. The summed E-state index contributed by atoms with van der Waals surface area (Å²) in [7, 11) is 1.57. The SMILES string of the molecule is CCOc1cccc(C2CC(=O)Nc3c2sc(C(=O)O)c3-c2ccc(OC)cc2)c1. The molecule has 154 valence electrons. The lowest BCUT2D eigenvalue weighted by atomic mass is 9.88. The highest BCUT2D eigenvalue weighted by molar-refractivity contribution is 7.15. The number of benzene rings is 2. The van der Waals surface area contributed by atoms with Gasteiger partial charge in [0.25, 0.3) is 0 Å². The number of carboxylic acid groups (broad SMARTS) is 1. The van der Waals surface area contributed by atoms with Crippen molar-refractivity contribution in [2.24, 2.45) is 0 Å². The Balaban J connectivity index is 1.86. The molecule has 1 aliphatic rings. The van der Waals surface area contributed by atoms with Gasteiger partial charge in [-0.25, -0.2) is 4.79 Å². The first-order valence-electron chi connectivity index (χ1n) is 9.58. The van der Waals surface area contributed by atoms with Gasteiger partial charge in [-0.15, -0.1) is 11.3 Å². The summed E-state index contributed by atoms with van der Waals surface area (Å²) in [6.45, 7) is 2.46. The molecule has 1 atom stereocenters. The van der Waals surface area contributed by atoms with Crippen molar-refractivity contribution < 1.29 is 24.2 Å². The number of carbonyl (C=O) groups is 2. The summed E-state index contributed by atoms with van der Waals surface area (Å²) < 4.78 is 10.8. The van der Waals surface area contributed by atoms with Gasteiger partial charge >= 0.3 is 5.97 Å². The molecule has 0 aliphatic carbocycles. The third kappa shape index (κ3) is 3.64. The number of amides is 1. The maximum absolute atomic E-state index is 12.6. The average molecular weight is 423 g/mol. The largest absolute Gasteiger partial charge is 0.497 e. The lowest BCUT2D eigenvalue weighted by Gasteiger charge is -2.24. The second-order valence-corrected chi connectivity index (χ2v) is 7.94. The van der Waals surface area contributed by atoms with E-state index in [-0.39, 0.29) is 23.1 Å². The molecule has 0 spiro atoms. The molecule has 0 radical (unpaired) electrons. The van der Waals surface area contributed by atoms with E-state index in [2.05, 4.69) is 5.32 Å². The topological polar surface area (TPSA) is 84.9 Å². The van der Waals surface area contributed by atoms with E-state index in [1.165, 1.54) is 11.3 Å². The first kappa shape index (κ1) is 20.0. The molecule has 0 bridgehead atoms. The van der Waals surface area contributed by atoms with Crippen LogP contribution in [0.25, 0.3) is 11.1 Å². The number of ether oxygens (including phenoxy) is 2. The first-order chi connectivity index (χ1) is 14.5. The molecular weight excluding hydrogens is 402 g/mol. The Morgan fingerprint density at radius 1 is 1.20 bits per heavy atom. The van der Waals surface area contributed by atoms with Crippen molar-refractivity contribution in [1.82, 2.24) is 0 Å². The van der Waals surface area contributed by atoms with Gasteiger partial charge in [0.2, 0.25) is 5.91 Å². The molecule has 3 aromatic rings. The Labute approximate surface area is 178 Å². The predicted molar refractivity (Wildman–Crippen MR) is 116 cm³/mol. The lowest BCUT2D eigenvalue weighted by Crippen LogP contribution is -2.22. The molecule has 30 heavy (non-hydrogen) atoms. The van der Waals surface area contributed by atoms with Crippen LogP contribution in [0, 0.1) is 0 Å². The summed E-state index contributed by atoms with van der Waals surface area (Å²) in [4.78, 5) is 25.7. The third-order valence-corrected chi connectivity index (χ3v) is 6.34. The van der Waals surface area contributed by atoms with Crippen LogP contribution >= 0.6 is 11.3 Å². The number of rotatable bonds is 6. The standard InChI is InChI=1S/C23H21NO5S/c1-3-29-16-6-4-5-14(11-16)17-12-18(25)24-20-19(22(23(26)27)30-21(17)20)13-7-9-15(28-2)10-8-13/h4-11,17H,3,12H2,1-2H3,(H,24,25)(H,26,27). The van der Waals surface area contributed by atoms with E-state index in [4.69, 9.17) is 9.47 Å². The van der Waals surface area contributed by atoms with Gasteiger partial charge in [-0.1, -0.05) is 24.3 Å². The van der Waals surface area contributed by atoms with Crippen molar-refractivity contribution in [2.75, 3.05) is 19.0 Å². The molecule has 2 N–H and O–H groups in total. The van der Waals surface area contributed by atoms with Crippen molar-refractivity contribution in [3.8, 4) is 22.6 Å². The number of anilines is 1. The van der Waals surface area contributed by atoms with Crippen LogP contribution in [0.15, 0.2) is 48.5 Å². The van der Waals surface area contributed by atoms with E-state index in [9.17, 15) is 14.7 Å². The van der Waals surface area contributed by atoms with Crippen LogP contribution in [-0.2, 0) is 4.79 Å². The van der Waals surface area contributed by atoms with Gasteiger partial charge in [0.1, 0.15) is 16.4 Å². The monoisotopic (exact) mass is 423 g/mol. The molecule has 1 unspecified atom stereocenters. The molecule has 7 heteroatoms. The molecule has 1 amide bonds. The molecule has 6 nitrogen and oxygen atoms in total. The first-order valence-corrected chi connectivity index (χ1v) is 10.4. The van der Waals surface area contributed by atoms with E-state index < -0.39 is 5.97 Å². The van der Waals surface area contributed by atoms with Crippen molar-refractivity contribution in [3.63, 3.8) is 0 Å². The van der Waals surface area contributed by atoms with Crippen LogP contribution in [0.5, 0.6) is 11.5 Å². The van der Waals surface area contributed by atoms with E-state index in [0.29, 0.717) is 23.6 Å². The zero-order valence-corrected chi connectivity index (χ0v) is 17.4. The molecule has 1 aromatic heterocycles. The normalized spacial score (nSPS) is 15.3. The summed E-state index contributed by atoms with van der Waals surface area (Å²) >= 11 is 1.21. The van der Waals surface area contributed by atoms with Crippen molar-refractivity contribution in [2.45, 2.75) is 19.3 Å². The predicted octanol–water partition coefficient (Wildman–Crippen LogP) is 4.99. The van der Waals surface area contributed by atoms with Gasteiger partial charge in [0.15, 0.2) is 0 Å². The van der Waals surface area contributed by atoms with Crippen LogP contribution in [0.2, 0.25) is 0 Å². The van der Waals surface area contributed by atoms with Crippen LogP contribution in [0.4, 0.5) is 5.69 Å². The fraction of sp³-hybridized carbons (Fsp3) is 0.217. The van der Waals surface area contributed by atoms with Gasteiger partial charge < -0.3 is 19.9 Å². The number of hydrogen-bond acceptors (Lipinski definition) is 5. The van der Waals surface area contributed by atoms with Crippen molar-refractivity contribution in [3.05, 3.63) is 63.8 Å². The molecule has 0 fully saturated rings. The second kappa shape index (κ2) is 8.20. The zero-order chi connectivity index (χ0) is 21.3. The minimum Gasteiger partial charge on any atom is -0.497 e. The van der Waals surface area contributed by atoms with Crippen LogP contribution in [0.3, 0.4) is 0 Å². The Bertz CT molecular complexity index is 1100. The van der Waals surface area contributed by atoms with E-state index >= 15 is 0 Å². The number of methoxy groups -OCH3 is 1. The highest BCUT2D eigenvalue weighted by atomic mass is 32.1. The number of carboxylic acids is 1. The van der Waals surface area contributed by atoms with Crippen molar-refractivity contribution >= 4 is 28.9 Å². The molecule has 2 heterocycles. The van der Waals surface area contributed by atoms with Crippen LogP contribution < -0.4 is 14.8 Å². The van der Waals surface area contributed by atoms with E-state index in [1.54, 1.807) is 31.4 Å². The third-order valence-electron chi connectivity index (χ3n) is 5.05. The van der Waals surface area contributed by atoms with Gasteiger partial charge in [-0.05, 0) is 42.3 Å². The number of hydrogen-bond donors (Lipinski definition) is 2. The summed E-state index contributed by atoms with van der Waals surface area (Å²) in [6, 6.07) is 14.8. The van der Waals surface area contributed by atoms with E-state index in [0.717, 1.165) is 21.8 Å². The van der Waals surface area contributed by atoms with Gasteiger partial charge in [-0.3, -0.25) is 4.79 Å². The van der Waals surface area contributed by atoms with Crippen molar-refractivity contribution in [1.29, 1.82) is 0 Å². The van der Waals surface area contributed by atoms with Gasteiger partial charge in [-0.2, -0.15) is 0 Å². The fourth-order valence-electron chi connectivity index (χ4n) is 3.73. The number of fused-ring (bicyclic) bond motifs is 1. The van der Waals surface area contributed by atoms with Crippen LogP contribution in [-0.4, -0.2) is 30.7 Å². The summed E-state index contributed by atoms with van der Waals surface area (Å²) in [5.41, 5.74) is 2.75. The Morgan fingerprint density at radius 3 is 2.63 bits per heavy atom. The van der Waals surface area contributed by atoms with Gasteiger partial charge in [0, 0.05) is 22.8 Å². The Morgan fingerprint density at radius 2 is 1.97 bits per heavy atom. The second-order valence-electron chi connectivity index (χ2n) is 6.89. The zero-order valence-electron chi connectivity index (χ0n) is 16.6. The number of aromatic carboxylic acids is 1. The summed E-state index contributed by atoms with van der Waals surface area (Å²) in [6.07, 6.45) is 0.254. The molecular formula is C23H21NO5S. The maximum atomic E-state index is 12.6. The minimum absolute atomic E-state index is 0.140. The number of thiophene rings is 1. The smallest absolute Gasteiger partial charge is 0.346 e. The Kier molecular flexibility index (Phi) is 5.46. The van der Waals surface area contributed by atoms with E-state index in [1.807, 2.05) is 31.2 Å². The summed E-state index contributed by atoms with van der Waals surface area (Å²) in [5, 5.41) is 12.8. The average Bonchev–Trinajstić information content (AvgIpc) is 3.13. The van der Waals surface area contributed by atoms with Crippen LogP contribution in [0.1, 0.15) is 39.4 Å².